The molecule has 3 aromatic rings. The lowest BCUT2D eigenvalue weighted by atomic mass is 9.96. The molecular weight excluding hydrogens is 276 g/mol. The van der Waals surface area contributed by atoms with Crippen LogP contribution in [0, 0.1) is 0 Å². The quantitative estimate of drug-likeness (QED) is 0.525. The SMILES string of the molecule is Clc1ccc(C=C(c2ccccc2)c2ccccc2)cc1. The lowest BCUT2D eigenvalue weighted by molar-refractivity contribution is 1.55. The highest BCUT2D eigenvalue weighted by molar-refractivity contribution is 6.30. The summed E-state index contributed by atoms with van der Waals surface area (Å²) in [5.74, 6) is 0. The molecule has 0 aliphatic carbocycles. The molecule has 3 aromatic carbocycles. The van der Waals surface area contributed by atoms with Crippen LogP contribution >= 0.6 is 11.6 Å². The number of hydrogen-bond acceptors (Lipinski definition) is 0. The standard InChI is InChI=1S/C20H15Cl/c21-19-13-11-16(12-14-19)15-20(17-7-3-1-4-8-17)18-9-5-2-6-10-18/h1-15H. The minimum absolute atomic E-state index is 0.758. The molecule has 0 radical (unpaired) electrons. The van der Waals surface area contributed by atoms with E-state index in [2.05, 4.69) is 54.6 Å². The molecule has 0 amide bonds. The van der Waals surface area contributed by atoms with Crippen LogP contribution in [0.25, 0.3) is 11.6 Å². The van der Waals surface area contributed by atoms with Gasteiger partial charge in [0.15, 0.2) is 0 Å². The second-order valence-electron chi connectivity index (χ2n) is 4.84. The van der Waals surface area contributed by atoms with E-state index in [9.17, 15) is 0 Å². The average molecular weight is 291 g/mol. The van der Waals surface area contributed by atoms with Gasteiger partial charge >= 0.3 is 0 Å². The summed E-state index contributed by atoms with van der Waals surface area (Å²) in [6.45, 7) is 0. The topological polar surface area (TPSA) is 0 Å². The molecule has 0 saturated carbocycles. The minimum Gasteiger partial charge on any atom is -0.0843 e. The average Bonchev–Trinajstić information content (AvgIpc) is 2.56. The maximum Gasteiger partial charge on any atom is 0.0406 e. The first-order valence-electron chi connectivity index (χ1n) is 6.91. The summed E-state index contributed by atoms with van der Waals surface area (Å²) in [5, 5.41) is 0.758. The van der Waals surface area contributed by atoms with Crippen LogP contribution in [0.15, 0.2) is 84.9 Å². The van der Waals surface area contributed by atoms with E-state index in [1.807, 2.05) is 36.4 Å². The third-order valence-electron chi connectivity index (χ3n) is 3.35. The van der Waals surface area contributed by atoms with Crippen molar-refractivity contribution in [2.24, 2.45) is 0 Å². The van der Waals surface area contributed by atoms with Crippen molar-refractivity contribution < 1.29 is 0 Å². The predicted octanol–water partition coefficient (Wildman–Crippen LogP) is 5.93. The Balaban J connectivity index is 2.10. The molecular formula is C20H15Cl. The van der Waals surface area contributed by atoms with Crippen molar-refractivity contribution >= 4 is 23.3 Å². The van der Waals surface area contributed by atoms with Gasteiger partial charge in [0.1, 0.15) is 0 Å². The van der Waals surface area contributed by atoms with Crippen molar-refractivity contribution in [1.82, 2.24) is 0 Å². The Morgan fingerprint density at radius 2 is 1.10 bits per heavy atom. The zero-order valence-electron chi connectivity index (χ0n) is 11.5. The van der Waals surface area contributed by atoms with Crippen LogP contribution in [-0.2, 0) is 0 Å². The second-order valence-corrected chi connectivity index (χ2v) is 5.28. The first-order chi connectivity index (χ1) is 10.3. The normalized spacial score (nSPS) is 10.1. The van der Waals surface area contributed by atoms with Gasteiger partial charge in [-0.3, -0.25) is 0 Å². The van der Waals surface area contributed by atoms with Gasteiger partial charge in [-0.1, -0.05) is 84.4 Å². The Hall–Kier alpha value is -2.31. The van der Waals surface area contributed by atoms with Gasteiger partial charge in [-0.05, 0) is 40.5 Å². The zero-order chi connectivity index (χ0) is 14.5. The molecule has 0 saturated heterocycles. The highest BCUT2D eigenvalue weighted by Gasteiger charge is 2.04. The van der Waals surface area contributed by atoms with E-state index in [0.717, 1.165) is 10.6 Å². The van der Waals surface area contributed by atoms with Crippen LogP contribution in [0.1, 0.15) is 16.7 Å². The summed E-state index contributed by atoms with van der Waals surface area (Å²) in [5.41, 5.74) is 4.76. The molecule has 0 fully saturated rings. The fourth-order valence-corrected chi connectivity index (χ4v) is 2.42. The van der Waals surface area contributed by atoms with Crippen LogP contribution in [0.5, 0.6) is 0 Å². The molecule has 21 heavy (non-hydrogen) atoms. The number of hydrogen-bond donors (Lipinski definition) is 0. The highest BCUT2D eigenvalue weighted by Crippen LogP contribution is 2.26. The van der Waals surface area contributed by atoms with E-state index >= 15 is 0 Å². The van der Waals surface area contributed by atoms with Gasteiger partial charge in [0.2, 0.25) is 0 Å². The van der Waals surface area contributed by atoms with Crippen molar-refractivity contribution in [2.75, 3.05) is 0 Å². The molecule has 0 atom stereocenters. The summed E-state index contributed by atoms with van der Waals surface area (Å²) in [6.07, 6.45) is 2.20. The molecule has 0 N–H and O–H groups in total. The molecule has 0 nitrogen and oxygen atoms in total. The van der Waals surface area contributed by atoms with Crippen molar-refractivity contribution in [3.63, 3.8) is 0 Å². The molecule has 0 spiro atoms. The van der Waals surface area contributed by atoms with Crippen molar-refractivity contribution in [3.8, 4) is 0 Å². The smallest absolute Gasteiger partial charge is 0.0406 e. The van der Waals surface area contributed by atoms with Gasteiger partial charge in [0.05, 0.1) is 0 Å². The first-order valence-corrected chi connectivity index (χ1v) is 7.29. The van der Waals surface area contributed by atoms with Crippen LogP contribution in [0.3, 0.4) is 0 Å². The van der Waals surface area contributed by atoms with Gasteiger partial charge in [-0.15, -0.1) is 0 Å². The Morgan fingerprint density at radius 1 is 0.619 bits per heavy atom. The Kier molecular flexibility index (Phi) is 4.18. The molecule has 1 heteroatoms. The third-order valence-corrected chi connectivity index (χ3v) is 3.60. The summed E-state index contributed by atoms with van der Waals surface area (Å²) >= 11 is 5.96. The zero-order valence-corrected chi connectivity index (χ0v) is 12.3. The van der Waals surface area contributed by atoms with E-state index in [1.165, 1.54) is 16.7 Å². The maximum absolute atomic E-state index is 5.96. The third kappa shape index (κ3) is 3.42. The van der Waals surface area contributed by atoms with Gasteiger partial charge in [0.25, 0.3) is 0 Å². The molecule has 0 unspecified atom stereocenters. The van der Waals surface area contributed by atoms with E-state index < -0.39 is 0 Å². The van der Waals surface area contributed by atoms with E-state index in [0.29, 0.717) is 0 Å². The summed E-state index contributed by atoms with van der Waals surface area (Å²) in [4.78, 5) is 0. The molecule has 0 heterocycles. The molecule has 0 bridgehead atoms. The monoisotopic (exact) mass is 290 g/mol. The summed E-state index contributed by atoms with van der Waals surface area (Å²) in [6, 6.07) is 28.8. The lowest BCUT2D eigenvalue weighted by Gasteiger charge is -2.09. The molecule has 102 valence electrons. The van der Waals surface area contributed by atoms with Crippen molar-refractivity contribution in [3.05, 3.63) is 107 Å². The van der Waals surface area contributed by atoms with E-state index in [4.69, 9.17) is 11.6 Å². The van der Waals surface area contributed by atoms with Crippen molar-refractivity contribution in [2.45, 2.75) is 0 Å². The van der Waals surface area contributed by atoms with Gasteiger partial charge in [0, 0.05) is 5.02 Å². The van der Waals surface area contributed by atoms with Gasteiger partial charge < -0.3 is 0 Å². The van der Waals surface area contributed by atoms with E-state index in [-0.39, 0.29) is 0 Å². The Labute approximate surface area is 130 Å². The Bertz CT molecular complexity index is 684. The number of halogens is 1. The van der Waals surface area contributed by atoms with Crippen LogP contribution in [0.2, 0.25) is 5.02 Å². The first kappa shape index (κ1) is 13.7. The summed E-state index contributed by atoms with van der Waals surface area (Å²) < 4.78 is 0. The van der Waals surface area contributed by atoms with Gasteiger partial charge in [-0.2, -0.15) is 0 Å². The van der Waals surface area contributed by atoms with Crippen LogP contribution in [0.4, 0.5) is 0 Å². The maximum atomic E-state index is 5.96. The second kappa shape index (κ2) is 6.43. The largest absolute Gasteiger partial charge is 0.0843 e. The Morgan fingerprint density at radius 3 is 1.57 bits per heavy atom. The van der Waals surface area contributed by atoms with Crippen LogP contribution in [-0.4, -0.2) is 0 Å². The van der Waals surface area contributed by atoms with Crippen LogP contribution < -0.4 is 0 Å². The predicted molar refractivity (Wildman–Crippen MR) is 91.3 cm³/mol. The molecule has 0 aliphatic rings. The molecule has 3 rings (SSSR count). The van der Waals surface area contributed by atoms with Gasteiger partial charge in [-0.25, -0.2) is 0 Å². The molecule has 0 aliphatic heterocycles. The van der Waals surface area contributed by atoms with E-state index in [1.54, 1.807) is 0 Å². The highest BCUT2D eigenvalue weighted by atomic mass is 35.5. The minimum atomic E-state index is 0.758. The summed E-state index contributed by atoms with van der Waals surface area (Å²) in [7, 11) is 0. The lowest BCUT2D eigenvalue weighted by Crippen LogP contribution is -1.87. The fourth-order valence-electron chi connectivity index (χ4n) is 2.29. The molecule has 0 aromatic heterocycles. The number of rotatable bonds is 3. The fraction of sp³-hybridized carbons (Fsp3) is 0. The number of benzene rings is 3. The van der Waals surface area contributed by atoms with Crippen molar-refractivity contribution in [1.29, 1.82) is 0 Å².